The summed E-state index contributed by atoms with van der Waals surface area (Å²) in [6, 6.07) is 8.34. The van der Waals surface area contributed by atoms with E-state index in [1.54, 1.807) is 0 Å². The summed E-state index contributed by atoms with van der Waals surface area (Å²) >= 11 is 0. The molecule has 27 heavy (non-hydrogen) atoms. The maximum absolute atomic E-state index is 12.2. The Bertz CT molecular complexity index is 655. The van der Waals surface area contributed by atoms with Gasteiger partial charge in [0.25, 0.3) is 0 Å². The highest BCUT2D eigenvalue weighted by atomic mass is 16.2. The number of benzene rings is 1. The van der Waals surface area contributed by atoms with Crippen molar-refractivity contribution in [1.82, 2.24) is 15.5 Å². The molecule has 1 aliphatic heterocycles. The lowest BCUT2D eigenvalue weighted by atomic mass is 9.86. The fourth-order valence-corrected chi connectivity index (χ4v) is 4.09. The molecule has 1 heterocycles. The summed E-state index contributed by atoms with van der Waals surface area (Å²) in [5.41, 5.74) is 2.49. The van der Waals surface area contributed by atoms with Gasteiger partial charge in [0.05, 0.1) is 6.54 Å². The first-order valence-corrected chi connectivity index (χ1v) is 10.2. The number of hydrogen-bond donors (Lipinski definition) is 2. The smallest absolute Gasteiger partial charge is 0.321 e. The third-order valence-electron chi connectivity index (χ3n) is 5.79. The van der Waals surface area contributed by atoms with Crippen LogP contribution in [0.1, 0.15) is 38.2 Å². The number of nitrogens with one attached hydrogen (secondary N) is 2. The standard InChI is InChI=1S/C21H32N4O2/c1-16-6-5-8-18(14-16)25-12-10-24(11-13-25)15-20(26)23-21(27)22-19-9-4-3-7-17(19)2/h5-6,8,14,17,19H,3-4,7,9-13,15H2,1-2H3,(H2,22,23,26,27). The monoisotopic (exact) mass is 372 g/mol. The van der Waals surface area contributed by atoms with Crippen molar-refractivity contribution >= 4 is 17.6 Å². The topological polar surface area (TPSA) is 64.7 Å². The van der Waals surface area contributed by atoms with Crippen LogP contribution in [0.3, 0.4) is 0 Å². The second kappa shape index (κ2) is 9.22. The van der Waals surface area contributed by atoms with Gasteiger partial charge in [0.2, 0.25) is 5.91 Å². The second-order valence-electron chi connectivity index (χ2n) is 7.99. The molecule has 2 atom stereocenters. The van der Waals surface area contributed by atoms with Crippen LogP contribution in [0.15, 0.2) is 24.3 Å². The van der Waals surface area contributed by atoms with Crippen molar-refractivity contribution in [2.24, 2.45) is 5.92 Å². The zero-order valence-electron chi connectivity index (χ0n) is 16.5. The number of aryl methyl sites for hydroxylation is 1. The van der Waals surface area contributed by atoms with Gasteiger partial charge in [-0.05, 0) is 43.4 Å². The van der Waals surface area contributed by atoms with E-state index in [0.717, 1.165) is 45.4 Å². The van der Waals surface area contributed by atoms with Gasteiger partial charge in [0, 0.05) is 37.9 Å². The molecular formula is C21H32N4O2. The number of hydrogen-bond acceptors (Lipinski definition) is 4. The summed E-state index contributed by atoms with van der Waals surface area (Å²) in [5, 5.41) is 5.47. The van der Waals surface area contributed by atoms with E-state index in [9.17, 15) is 9.59 Å². The number of carbonyl (C=O) groups is 2. The zero-order chi connectivity index (χ0) is 19.2. The molecule has 2 N–H and O–H groups in total. The predicted octanol–water partition coefficient (Wildman–Crippen LogP) is 2.52. The summed E-state index contributed by atoms with van der Waals surface area (Å²) in [6.45, 7) is 7.97. The van der Waals surface area contributed by atoms with Gasteiger partial charge in [-0.25, -0.2) is 4.79 Å². The van der Waals surface area contributed by atoms with Gasteiger partial charge in [-0.2, -0.15) is 0 Å². The predicted molar refractivity (Wildman–Crippen MR) is 108 cm³/mol. The minimum Gasteiger partial charge on any atom is -0.369 e. The molecule has 1 aromatic carbocycles. The zero-order valence-corrected chi connectivity index (χ0v) is 16.5. The first-order valence-electron chi connectivity index (χ1n) is 10.2. The summed E-state index contributed by atoms with van der Waals surface area (Å²) < 4.78 is 0. The van der Waals surface area contributed by atoms with Crippen LogP contribution in [0.4, 0.5) is 10.5 Å². The van der Waals surface area contributed by atoms with Crippen molar-refractivity contribution in [3.63, 3.8) is 0 Å². The van der Waals surface area contributed by atoms with Crippen LogP contribution in [-0.4, -0.2) is 55.6 Å². The maximum atomic E-state index is 12.2. The highest BCUT2D eigenvalue weighted by Gasteiger charge is 2.24. The first kappa shape index (κ1) is 19.7. The molecule has 1 aliphatic carbocycles. The Balaban J connectivity index is 1.39. The molecule has 2 fully saturated rings. The maximum Gasteiger partial charge on any atom is 0.321 e. The van der Waals surface area contributed by atoms with Crippen molar-refractivity contribution in [2.45, 2.75) is 45.6 Å². The molecular weight excluding hydrogens is 340 g/mol. The van der Waals surface area contributed by atoms with Crippen LogP contribution in [0.2, 0.25) is 0 Å². The van der Waals surface area contributed by atoms with Crippen LogP contribution < -0.4 is 15.5 Å². The largest absolute Gasteiger partial charge is 0.369 e. The number of anilines is 1. The number of nitrogens with zero attached hydrogens (tertiary/aromatic N) is 2. The van der Waals surface area contributed by atoms with Gasteiger partial charge >= 0.3 is 6.03 Å². The summed E-state index contributed by atoms with van der Waals surface area (Å²) in [5.74, 6) is 0.259. The second-order valence-corrected chi connectivity index (χ2v) is 7.99. The highest BCUT2D eigenvalue weighted by molar-refractivity contribution is 5.95. The van der Waals surface area contributed by atoms with Crippen LogP contribution in [0.5, 0.6) is 0 Å². The fraction of sp³-hybridized carbons (Fsp3) is 0.619. The molecule has 0 bridgehead atoms. The van der Waals surface area contributed by atoms with Crippen molar-refractivity contribution in [3.8, 4) is 0 Å². The van der Waals surface area contributed by atoms with Crippen molar-refractivity contribution in [1.29, 1.82) is 0 Å². The molecule has 1 saturated heterocycles. The van der Waals surface area contributed by atoms with E-state index in [1.807, 2.05) is 0 Å². The molecule has 1 saturated carbocycles. The van der Waals surface area contributed by atoms with E-state index in [-0.39, 0.29) is 24.5 Å². The molecule has 6 nitrogen and oxygen atoms in total. The van der Waals surface area contributed by atoms with Gasteiger partial charge in [0.1, 0.15) is 0 Å². The quantitative estimate of drug-likeness (QED) is 0.852. The Hall–Kier alpha value is -2.08. The Morgan fingerprint density at radius 1 is 1.11 bits per heavy atom. The average molecular weight is 373 g/mol. The lowest BCUT2D eigenvalue weighted by Crippen LogP contribution is -2.52. The number of piperazine rings is 1. The molecule has 3 amide bonds. The van der Waals surface area contributed by atoms with Crippen molar-refractivity contribution < 1.29 is 9.59 Å². The Labute approximate surface area is 162 Å². The van der Waals surface area contributed by atoms with Crippen molar-refractivity contribution in [3.05, 3.63) is 29.8 Å². The molecule has 148 valence electrons. The number of amides is 3. The van der Waals surface area contributed by atoms with Crippen LogP contribution in [0, 0.1) is 12.8 Å². The van der Waals surface area contributed by atoms with E-state index >= 15 is 0 Å². The average Bonchev–Trinajstić information content (AvgIpc) is 2.64. The molecule has 2 aliphatic rings. The van der Waals surface area contributed by atoms with Crippen LogP contribution >= 0.6 is 0 Å². The van der Waals surface area contributed by atoms with E-state index in [2.05, 4.69) is 58.5 Å². The van der Waals surface area contributed by atoms with Gasteiger partial charge in [0.15, 0.2) is 0 Å². The lowest BCUT2D eigenvalue weighted by Gasteiger charge is -2.35. The van der Waals surface area contributed by atoms with Crippen molar-refractivity contribution in [2.75, 3.05) is 37.6 Å². The summed E-state index contributed by atoms with van der Waals surface area (Å²) in [6.07, 6.45) is 4.52. The Kier molecular flexibility index (Phi) is 6.72. The molecule has 0 spiro atoms. The SMILES string of the molecule is Cc1cccc(N2CCN(CC(=O)NC(=O)NC3CCCCC3C)CC2)c1. The molecule has 2 unspecified atom stereocenters. The minimum absolute atomic E-state index is 0.185. The minimum atomic E-state index is -0.350. The van der Waals surface area contributed by atoms with Gasteiger partial charge in [-0.3, -0.25) is 15.0 Å². The van der Waals surface area contributed by atoms with Gasteiger partial charge < -0.3 is 10.2 Å². The number of imide groups is 1. The van der Waals surface area contributed by atoms with E-state index in [1.165, 1.54) is 17.7 Å². The molecule has 6 heteroatoms. The molecule has 0 aromatic heterocycles. The van der Waals surface area contributed by atoms with Gasteiger partial charge in [-0.15, -0.1) is 0 Å². The normalized spacial score (nSPS) is 23.7. The van der Waals surface area contributed by atoms with E-state index in [4.69, 9.17) is 0 Å². The van der Waals surface area contributed by atoms with E-state index in [0.29, 0.717) is 5.92 Å². The molecule has 0 radical (unpaired) electrons. The summed E-state index contributed by atoms with van der Waals surface area (Å²) in [4.78, 5) is 28.8. The summed E-state index contributed by atoms with van der Waals surface area (Å²) in [7, 11) is 0. The number of carbonyl (C=O) groups excluding carboxylic acids is 2. The van der Waals surface area contributed by atoms with E-state index < -0.39 is 0 Å². The van der Waals surface area contributed by atoms with Crippen LogP contribution in [-0.2, 0) is 4.79 Å². The lowest BCUT2D eigenvalue weighted by molar-refractivity contribution is -0.121. The Morgan fingerprint density at radius 2 is 1.85 bits per heavy atom. The Morgan fingerprint density at radius 3 is 2.56 bits per heavy atom. The highest BCUT2D eigenvalue weighted by Crippen LogP contribution is 2.23. The number of urea groups is 1. The van der Waals surface area contributed by atoms with Crippen LogP contribution in [0.25, 0.3) is 0 Å². The third kappa shape index (κ3) is 5.70. The molecule has 1 aromatic rings. The first-order chi connectivity index (χ1) is 13.0. The number of rotatable bonds is 4. The fourth-order valence-electron chi connectivity index (χ4n) is 4.09. The van der Waals surface area contributed by atoms with Gasteiger partial charge in [-0.1, -0.05) is 31.9 Å². The molecule has 3 rings (SSSR count). The third-order valence-corrected chi connectivity index (χ3v) is 5.79.